The average Bonchev–Trinajstić information content (AvgIpc) is 3.63. The van der Waals surface area contributed by atoms with E-state index in [0.717, 1.165) is 90.9 Å². The van der Waals surface area contributed by atoms with Crippen molar-refractivity contribution >= 4 is 67.4 Å². The molecule has 4 heterocycles. The molecule has 9 aromatic rings. The first kappa shape index (κ1) is 34.5. The first-order chi connectivity index (χ1) is 29.1. The molecule has 0 saturated carbocycles. The smallest absolute Gasteiger partial charge is 0.161 e. The van der Waals surface area contributed by atoms with E-state index in [1.807, 2.05) is 73.1 Å². The third kappa shape index (κ3) is 5.71. The van der Waals surface area contributed by atoms with Crippen LogP contribution < -0.4 is 4.90 Å². The maximum atomic E-state index is 5.46. The molecule has 0 fully saturated rings. The van der Waals surface area contributed by atoms with Crippen molar-refractivity contribution in [2.45, 2.75) is 19.8 Å². The fourth-order valence-corrected chi connectivity index (χ4v) is 8.97. The standard InChI is InChI=1S/C53H38N6/c1-34(36-15-5-3-6-16-36)55-53(38-17-7-4-8-18-38)56-35(2)58-48-25-13-21-40(50(48)52-51-43(22-14-26-49(51)58)41-19-9-11-23-45(41)57-52)37-27-29-39(30-28-37)59-46-24-12-10-20-42(46)44-33-54-32-31-47(44)59/h3-11,13-23,25-33H,1,12,24H2,2H3. The number of hydrogen-bond donors (Lipinski definition) is 0. The minimum absolute atomic E-state index is 0.589. The Kier molecular flexibility index (Phi) is 8.22. The quantitative estimate of drug-likeness (QED) is 0.0997. The summed E-state index contributed by atoms with van der Waals surface area (Å²) in [5, 5.41) is 4.55. The van der Waals surface area contributed by atoms with Crippen molar-refractivity contribution in [3.8, 4) is 28.1 Å². The highest BCUT2D eigenvalue weighted by atomic mass is 15.2. The zero-order chi connectivity index (χ0) is 39.5. The van der Waals surface area contributed by atoms with Crippen molar-refractivity contribution in [2.24, 2.45) is 9.98 Å². The van der Waals surface area contributed by atoms with E-state index >= 15 is 0 Å². The number of nitrogens with zero attached hydrogens (tertiary/aromatic N) is 6. The van der Waals surface area contributed by atoms with E-state index in [1.165, 1.54) is 22.2 Å². The van der Waals surface area contributed by atoms with Crippen LogP contribution in [-0.4, -0.2) is 26.2 Å². The van der Waals surface area contributed by atoms with E-state index < -0.39 is 0 Å². The topological polar surface area (TPSA) is 58.7 Å². The number of hydrogen-bond acceptors (Lipinski definition) is 3. The lowest BCUT2D eigenvalue weighted by Crippen LogP contribution is -2.27. The lowest BCUT2D eigenvalue weighted by atomic mass is 9.88. The van der Waals surface area contributed by atoms with Gasteiger partial charge in [0.15, 0.2) is 5.84 Å². The van der Waals surface area contributed by atoms with Gasteiger partial charge in [-0.05, 0) is 78.2 Å². The van der Waals surface area contributed by atoms with E-state index in [4.69, 9.17) is 15.0 Å². The molecule has 6 heteroatoms. The summed E-state index contributed by atoms with van der Waals surface area (Å²) >= 11 is 0. The molecule has 0 spiro atoms. The lowest BCUT2D eigenvalue weighted by molar-refractivity contribution is 0.888. The number of rotatable bonds is 5. The van der Waals surface area contributed by atoms with Crippen LogP contribution in [0.4, 0.5) is 11.4 Å². The summed E-state index contributed by atoms with van der Waals surface area (Å²) in [5.41, 5.74) is 14.7. The number of anilines is 2. The average molecular weight is 759 g/mol. The minimum atomic E-state index is 0.589. The second-order valence-electron chi connectivity index (χ2n) is 15.1. The highest BCUT2D eigenvalue weighted by Crippen LogP contribution is 2.52. The van der Waals surface area contributed by atoms with Crippen LogP contribution in [0.25, 0.3) is 72.4 Å². The molecule has 2 aliphatic rings. The van der Waals surface area contributed by atoms with Crippen LogP contribution in [0.1, 0.15) is 35.7 Å². The molecular weight excluding hydrogens is 721 g/mol. The number of aromatic nitrogens is 3. The van der Waals surface area contributed by atoms with Crippen molar-refractivity contribution in [3.05, 3.63) is 199 Å². The maximum absolute atomic E-state index is 5.46. The molecule has 280 valence electrons. The van der Waals surface area contributed by atoms with Gasteiger partial charge in [0.05, 0.1) is 33.8 Å². The van der Waals surface area contributed by atoms with Gasteiger partial charge in [0.1, 0.15) is 5.84 Å². The van der Waals surface area contributed by atoms with Crippen LogP contribution in [0.3, 0.4) is 0 Å². The fraction of sp³-hybridized carbons (Fsp3) is 0.0566. The first-order valence-corrected chi connectivity index (χ1v) is 20.1. The molecule has 0 radical (unpaired) electrons. The first-order valence-electron chi connectivity index (χ1n) is 20.1. The number of benzene rings is 6. The normalized spacial score (nSPS) is 13.5. The molecule has 0 amide bonds. The molecule has 0 atom stereocenters. The second-order valence-corrected chi connectivity index (χ2v) is 15.1. The Morgan fingerprint density at radius 3 is 2.24 bits per heavy atom. The summed E-state index contributed by atoms with van der Waals surface area (Å²) in [7, 11) is 0. The van der Waals surface area contributed by atoms with Crippen LogP contribution in [0.15, 0.2) is 187 Å². The van der Waals surface area contributed by atoms with Crippen LogP contribution in [0.5, 0.6) is 0 Å². The summed E-state index contributed by atoms with van der Waals surface area (Å²) in [6.45, 7) is 6.42. The Balaban J connectivity index is 1.11. The minimum Gasteiger partial charge on any atom is -0.313 e. The zero-order valence-corrected chi connectivity index (χ0v) is 32.5. The number of para-hydroxylation sites is 1. The van der Waals surface area contributed by atoms with Gasteiger partial charge in [-0.15, -0.1) is 0 Å². The fourth-order valence-electron chi connectivity index (χ4n) is 8.97. The Bertz CT molecular complexity index is 3230. The SMILES string of the molecule is C=C(N=C(N=C(C)N1c2cccc(-c3ccc(-n4c5c(c6cnccc64)C=CCC5)cc3)c2-c2nc3ccccc3c3cccc1c23)c1ccccc1)c1ccccc1. The Labute approximate surface area is 342 Å². The molecule has 0 N–H and O–H groups in total. The van der Waals surface area contributed by atoms with E-state index in [9.17, 15) is 0 Å². The molecule has 0 bridgehead atoms. The molecule has 59 heavy (non-hydrogen) atoms. The van der Waals surface area contributed by atoms with Crippen LogP contribution >= 0.6 is 0 Å². The van der Waals surface area contributed by atoms with Gasteiger partial charge in [0.2, 0.25) is 0 Å². The summed E-state index contributed by atoms with van der Waals surface area (Å²) in [4.78, 5) is 22.6. The third-order valence-corrected chi connectivity index (χ3v) is 11.6. The van der Waals surface area contributed by atoms with Gasteiger partial charge >= 0.3 is 0 Å². The van der Waals surface area contributed by atoms with Crippen molar-refractivity contribution in [1.29, 1.82) is 0 Å². The molecule has 6 aromatic carbocycles. The molecule has 1 aliphatic carbocycles. The molecule has 0 unspecified atom stereocenters. The predicted octanol–water partition coefficient (Wildman–Crippen LogP) is 13.0. The van der Waals surface area contributed by atoms with Gasteiger partial charge in [-0.3, -0.25) is 9.88 Å². The zero-order valence-electron chi connectivity index (χ0n) is 32.5. The third-order valence-electron chi connectivity index (χ3n) is 11.6. The Morgan fingerprint density at radius 2 is 1.41 bits per heavy atom. The highest BCUT2D eigenvalue weighted by molar-refractivity contribution is 6.26. The van der Waals surface area contributed by atoms with Crippen LogP contribution in [-0.2, 0) is 6.42 Å². The summed E-state index contributed by atoms with van der Waals surface area (Å²) in [5.74, 6) is 1.37. The summed E-state index contributed by atoms with van der Waals surface area (Å²) in [6, 6.07) is 52.9. The summed E-state index contributed by atoms with van der Waals surface area (Å²) in [6.07, 6.45) is 10.4. The van der Waals surface area contributed by atoms with E-state index in [0.29, 0.717) is 11.5 Å². The largest absolute Gasteiger partial charge is 0.313 e. The van der Waals surface area contributed by atoms with Crippen LogP contribution in [0.2, 0.25) is 0 Å². The van der Waals surface area contributed by atoms with Crippen molar-refractivity contribution in [1.82, 2.24) is 14.5 Å². The number of aliphatic imine (C=N–C) groups is 2. The van der Waals surface area contributed by atoms with Gasteiger partial charge in [0, 0.05) is 56.6 Å². The van der Waals surface area contributed by atoms with E-state index in [2.05, 4.69) is 131 Å². The maximum Gasteiger partial charge on any atom is 0.161 e. The van der Waals surface area contributed by atoms with Gasteiger partial charge < -0.3 is 4.57 Å². The number of amidine groups is 2. The van der Waals surface area contributed by atoms with Gasteiger partial charge in [-0.1, -0.05) is 134 Å². The lowest BCUT2D eigenvalue weighted by Gasteiger charge is -2.34. The van der Waals surface area contributed by atoms with Crippen molar-refractivity contribution in [3.63, 3.8) is 0 Å². The van der Waals surface area contributed by atoms with Gasteiger partial charge in [0.25, 0.3) is 0 Å². The molecule has 11 rings (SSSR count). The molecule has 6 nitrogen and oxygen atoms in total. The Hall–Kier alpha value is -7.70. The van der Waals surface area contributed by atoms with Crippen molar-refractivity contribution in [2.75, 3.05) is 4.90 Å². The molecule has 3 aromatic heterocycles. The number of pyridine rings is 2. The monoisotopic (exact) mass is 758 g/mol. The molecule has 1 aliphatic heterocycles. The number of fused-ring (bicyclic) bond motifs is 7. The van der Waals surface area contributed by atoms with Crippen LogP contribution in [0, 0.1) is 0 Å². The predicted molar refractivity (Wildman–Crippen MR) is 246 cm³/mol. The highest BCUT2D eigenvalue weighted by Gasteiger charge is 2.31. The molecular formula is C53H38N6. The molecule has 0 saturated heterocycles. The number of allylic oxidation sites excluding steroid dienone is 1. The van der Waals surface area contributed by atoms with E-state index in [1.54, 1.807) is 0 Å². The van der Waals surface area contributed by atoms with E-state index in [-0.39, 0.29) is 0 Å². The van der Waals surface area contributed by atoms with Crippen molar-refractivity contribution < 1.29 is 0 Å². The Morgan fingerprint density at radius 1 is 0.678 bits per heavy atom. The van der Waals surface area contributed by atoms with Gasteiger partial charge in [-0.2, -0.15) is 0 Å². The second kappa shape index (κ2) is 14.0. The summed E-state index contributed by atoms with van der Waals surface area (Å²) < 4.78 is 2.41. The van der Waals surface area contributed by atoms with Gasteiger partial charge in [-0.25, -0.2) is 15.0 Å².